The molecule has 0 aliphatic rings. The highest BCUT2D eigenvalue weighted by Gasteiger charge is 2.10. The van der Waals surface area contributed by atoms with Crippen LogP contribution in [0.3, 0.4) is 0 Å². The molecule has 2 rings (SSSR count). The SMILES string of the molecule is COc1cc(N)cc(C(=O)Nc2ccccc2Br)c1. The molecular weight excluding hydrogens is 308 g/mol. The van der Waals surface area contributed by atoms with Gasteiger partial charge in [-0.1, -0.05) is 12.1 Å². The minimum Gasteiger partial charge on any atom is -0.497 e. The number of hydrogen-bond donors (Lipinski definition) is 2. The Labute approximate surface area is 119 Å². The second kappa shape index (κ2) is 5.75. The van der Waals surface area contributed by atoms with E-state index in [2.05, 4.69) is 21.2 Å². The maximum absolute atomic E-state index is 12.1. The number of carbonyl (C=O) groups is 1. The van der Waals surface area contributed by atoms with Gasteiger partial charge in [-0.15, -0.1) is 0 Å². The minimum absolute atomic E-state index is 0.238. The molecule has 2 aromatic rings. The highest BCUT2D eigenvalue weighted by atomic mass is 79.9. The molecule has 0 unspecified atom stereocenters. The van der Waals surface area contributed by atoms with Crippen LogP contribution in [0.1, 0.15) is 10.4 Å². The number of nitrogen functional groups attached to an aromatic ring is 1. The van der Waals surface area contributed by atoms with Gasteiger partial charge < -0.3 is 15.8 Å². The Balaban J connectivity index is 2.25. The largest absolute Gasteiger partial charge is 0.497 e. The van der Waals surface area contributed by atoms with Crippen LogP contribution in [-0.4, -0.2) is 13.0 Å². The lowest BCUT2D eigenvalue weighted by Crippen LogP contribution is -2.12. The molecule has 0 bridgehead atoms. The average Bonchev–Trinajstić information content (AvgIpc) is 2.40. The van der Waals surface area contributed by atoms with E-state index < -0.39 is 0 Å². The van der Waals surface area contributed by atoms with Gasteiger partial charge in [-0.05, 0) is 40.2 Å². The first kappa shape index (κ1) is 13.4. The summed E-state index contributed by atoms with van der Waals surface area (Å²) in [5.74, 6) is 0.315. The van der Waals surface area contributed by atoms with Gasteiger partial charge in [0.15, 0.2) is 0 Å². The summed E-state index contributed by atoms with van der Waals surface area (Å²) in [4.78, 5) is 12.1. The van der Waals surface area contributed by atoms with Crippen molar-refractivity contribution >= 4 is 33.2 Å². The highest BCUT2D eigenvalue weighted by molar-refractivity contribution is 9.10. The molecule has 0 atom stereocenters. The van der Waals surface area contributed by atoms with E-state index in [1.165, 1.54) is 7.11 Å². The fraction of sp³-hybridized carbons (Fsp3) is 0.0714. The third kappa shape index (κ3) is 3.26. The minimum atomic E-state index is -0.238. The van der Waals surface area contributed by atoms with E-state index in [1.54, 1.807) is 18.2 Å². The van der Waals surface area contributed by atoms with Crippen LogP contribution in [0.4, 0.5) is 11.4 Å². The second-order valence-corrected chi connectivity index (χ2v) is 4.78. The van der Waals surface area contributed by atoms with E-state index in [1.807, 2.05) is 24.3 Å². The van der Waals surface area contributed by atoms with Gasteiger partial charge in [-0.25, -0.2) is 0 Å². The molecule has 0 aromatic heterocycles. The van der Waals surface area contributed by atoms with Gasteiger partial charge in [0.1, 0.15) is 5.75 Å². The summed E-state index contributed by atoms with van der Waals surface area (Å²) in [5.41, 5.74) is 7.36. The number of hydrogen-bond acceptors (Lipinski definition) is 3. The van der Waals surface area contributed by atoms with E-state index in [4.69, 9.17) is 10.5 Å². The Morgan fingerprint density at radius 1 is 1.26 bits per heavy atom. The zero-order valence-electron chi connectivity index (χ0n) is 10.3. The lowest BCUT2D eigenvalue weighted by Gasteiger charge is -2.09. The molecule has 0 radical (unpaired) electrons. The Hall–Kier alpha value is -2.01. The monoisotopic (exact) mass is 320 g/mol. The molecule has 0 aliphatic heterocycles. The van der Waals surface area contributed by atoms with Crippen molar-refractivity contribution in [1.29, 1.82) is 0 Å². The number of nitrogens with one attached hydrogen (secondary N) is 1. The summed E-state index contributed by atoms with van der Waals surface area (Å²) in [6.45, 7) is 0. The Morgan fingerprint density at radius 3 is 2.68 bits per heavy atom. The van der Waals surface area contributed by atoms with Crippen molar-refractivity contribution in [3.8, 4) is 5.75 Å². The molecule has 0 heterocycles. The van der Waals surface area contributed by atoms with Crippen LogP contribution in [0.5, 0.6) is 5.75 Å². The molecule has 19 heavy (non-hydrogen) atoms. The highest BCUT2D eigenvalue weighted by Crippen LogP contribution is 2.23. The van der Waals surface area contributed by atoms with Gasteiger partial charge in [0, 0.05) is 21.8 Å². The van der Waals surface area contributed by atoms with Crippen molar-refractivity contribution in [2.45, 2.75) is 0 Å². The quantitative estimate of drug-likeness (QED) is 0.853. The lowest BCUT2D eigenvalue weighted by molar-refractivity contribution is 0.102. The first-order valence-corrected chi connectivity index (χ1v) is 6.40. The molecule has 2 aromatic carbocycles. The van der Waals surface area contributed by atoms with Crippen LogP contribution in [-0.2, 0) is 0 Å². The Bertz CT molecular complexity index is 614. The number of methoxy groups -OCH3 is 1. The van der Waals surface area contributed by atoms with Crippen LogP contribution in [0.15, 0.2) is 46.9 Å². The summed E-state index contributed by atoms with van der Waals surface area (Å²) in [5, 5.41) is 2.81. The molecule has 4 nitrogen and oxygen atoms in total. The van der Waals surface area contributed by atoms with E-state index in [0.717, 1.165) is 4.47 Å². The van der Waals surface area contributed by atoms with Gasteiger partial charge in [-0.3, -0.25) is 4.79 Å². The number of rotatable bonds is 3. The predicted octanol–water partition coefficient (Wildman–Crippen LogP) is 3.29. The molecule has 0 spiro atoms. The smallest absolute Gasteiger partial charge is 0.255 e. The van der Waals surface area contributed by atoms with Gasteiger partial charge >= 0.3 is 0 Å². The van der Waals surface area contributed by atoms with Crippen molar-refractivity contribution in [2.75, 3.05) is 18.2 Å². The van der Waals surface area contributed by atoms with Crippen molar-refractivity contribution in [3.05, 3.63) is 52.5 Å². The first-order chi connectivity index (χ1) is 9.10. The zero-order valence-corrected chi connectivity index (χ0v) is 11.9. The number of halogens is 1. The predicted molar refractivity (Wildman–Crippen MR) is 79.5 cm³/mol. The van der Waals surface area contributed by atoms with Crippen LogP contribution >= 0.6 is 15.9 Å². The van der Waals surface area contributed by atoms with Gasteiger partial charge in [-0.2, -0.15) is 0 Å². The summed E-state index contributed by atoms with van der Waals surface area (Å²) in [7, 11) is 1.53. The van der Waals surface area contributed by atoms with Crippen LogP contribution in [0.25, 0.3) is 0 Å². The lowest BCUT2D eigenvalue weighted by atomic mass is 10.1. The standard InChI is InChI=1S/C14H13BrN2O2/c1-19-11-7-9(6-10(16)8-11)14(18)17-13-5-3-2-4-12(13)15/h2-8H,16H2,1H3,(H,17,18). The molecule has 98 valence electrons. The number of carbonyl (C=O) groups excluding carboxylic acids is 1. The van der Waals surface area contributed by atoms with E-state index >= 15 is 0 Å². The Morgan fingerprint density at radius 2 is 2.00 bits per heavy atom. The molecule has 5 heteroatoms. The van der Waals surface area contributed by atoms with Crippen molar-refractivity contribution in [3.63, 3.8) is 0 Å². The third-order valence-corrected chi connectivity index (χ3v) is 3.24. The van der Waals surface area contributed by atoms with Crippen LogP contribution < -0.4 is 15.8 Å². The summed E-state index contributed by atoms with van der Waals surface area (Å²) >= 11 is 3.38. The average molecular weight is 321 g/mol. The second-order valence-electron chi connectivity index (χ2n) is 3.93. The fourth-order valence-corrected chi connectivity index (χ4v) is 2.01. The maximum atomic E-state index is 12.1. The molecular formula is C14H13BrN2O2. The molecule has 1 amide bonds. The van der Waals surface area contributed by atoms with Gasteiger partial charge in [0.2, 0.25) is 0 Å². The summed E-state index contributed by atoms with van der Waals surface area (Å²) in [6, 6.07) is 12.3. The van der Waals surface area contributed by atoms with Crippen LogP contribution in [0, 0.1) is 0 Å². The molecule has 0 saturated heterocycles. The third-order valence-electron chi connectivity index (χ3n) is 2.55. The van der Waals surface area contributed by atoms with Gasteiger partial charge in [0.05, 0.1) is 12.8 Å². The maximum Gasteiger partial charge on any atom is 0.255 e. The summed E-state index contributed by atoms with van der Waals surface area (Å²) < 4.78 is 5.91. The summed E-state index contributed by atoms with van der Waals surface area (Å²) in [6.07, 6.45) is 0. The zero-order chi connectivity index (χ0) is 13.8. The number of ether oxygens (including phenoxy) is 1. The normalized spacial score (nSPS) is 10.0. The topological polar surface area (TPSA) is 64.3 Å². The molecule has 3 N–H and O–H groups in total. The number of anilines is 2. The van der Waals surface area contributed by atoms with Crippen molar-refractivity contribution in [1.82, 2.24) is 0 Å². The number of para-hydroxylation sites is 1. The van der Waals surface area contributed by atoms with Crippen molar-refractivity contribution in [2.24, 2.45) is 0 Å². The van der Waals surface area contributed by atoms with Crippen molar-refractivity contribution < 1.29 is 9.53 Å². The van der Waals surface area contributed by atoms with E-state index in [9.17, 15) is 4.79 Å². The van der Waals surface area contributed by atoms with Gasteiger partial charge in [0.25, 0.3) is 5.91 Å². The van der Waals surface area contributed by atoms with E-state index in [0.29, 0.717) is 22.7 Å². The first-order valence-electron chi connectivity index (χ1n) is 5.60. The number of benzene rings is 2. The molecule has 0 aliphatic carbocycles. The Kier molecular flexibility index (Phi) is 4.06. The number of nitrogens with two attached hydrogens (primary N) is 1. The van der Waals surface area contributed by atoms with E-state index in [-0.39, 0.29) is 5.91 Å². The molecule has 0 saturated carbocycles. The number of amides is 1. The fourth-order valence-electron chi connectivity index (χ4n) is 1.63. The molecule has 0 fully saturated rings. The van der Waals surface area contributed by atoms with Crippen LogP contribution in [0.2, 0.25) is 0 Å².